The summed E-state index contributed by atoms with van der Waals surface area (Å²) in [7, 11) is 0. The molecule has 0 N–H and O–H groups in total. The molecule has 0 atom stereocenters. The van der Waals surface area contributed by atoms with E-state index < -0.39 is 12.2 Å². The molecule has 0 saturated carbocycles. The molecule has 2 aromatic carbocycles. The first-order chi connectivity index (χ1) is 12.2. The first-order valence-electron chi connectivity index (χ1n) is 8.00. The Bertz CT molecular complexity index is 670. The van der Waals surface area contributed by atoms with E-state index in [1.807, 2.05) is 60.7 Å². The van der Waals surface area contributed by atoms with Crippen molar-refractivity contribution in [1.82, 2.24) is 5.01 Å². The fourth-order valence-electron chi connectivity index (χ4n) is 2.10. The molecule has 2 aromatic rings. The molecule has 0 fully saturated rings. The molecule has 6 heteroatoms. The molecule has 0 heterocycles. The van der Waals surface area contributed by atoms with Crippen LogP contribution in [0, 0.1) is 0 Å². The van der Waals surface area contributed by atoms with Crippen molar-refractivity contribution < 1.29 is 19.1 Å². The highest BCUT2D eigenvalue weighted by Gasteiger charge is 2.25. The van der Waals surface area contributed by atoms with Gasteiger partial charge in [0.25, 0.3) is 0 Å². The number of rotatable bonds is 5. The maximum Gasteiger partial charge on any atom is 0.440 e. The molecule has 0 bridgehead atoms. The summed E-state index contributed by atoms with van der Waals surface area (Å²) in [4.78, 5) is 24.3. The second-order valence-corrected chi connectivity index (χ2v) is 4.89. The van der Waals surface area contributed by atoms with E-state index in [0.717, 1.165) is 11.1 Å². The number of carbonyl (C=O) groups excluding carboxylic acids is 2. The van der Waals surface area contributed by atoms with Gasteiger partial charge in [-0.2, -0.15) is 5.10 Å². The number of ether oxygens (including phenoxy) is 2. The molecule has 2 amide bonds. The van der Waals surface area contributed by atoms with E-state index in [1.54, 1.807) is 13.8 Å². The minimum absolute atomic E-state index is 0.121. The lowest BCUT2D eigenvalue weighted by Crippen LogP contribution is -2.34. The number of imide groups is 1. The lowest BCUT2D eigenvalue weighted by atomic mass is 10.0. The number of nitrogens with zero attached hydrogens (tertiary/aromatic N) is 2. The van der Waals surface area contributed by atoms with Crippen LogP contribution in [0.4, 0.5) is 9.59 Å². The van der Waals surface area contributed by atoms with Gasteiger partial charge < -0.3 is 9.47 Å². The van der Waals surface area contributed by atoms with Gasteiger partial charge in [-0.1, -0.05) is 65.7 Å². The van der Waals surface area contributed by atoms with Gasteiger partial charge in [0.1, 0.15) is 0 Å². The lowest BCUT2D eigenvalue weighted by Gasteiger charge is -2.16. The molecule has 2 rings (SSSR count). The maximum absolute atomic E-state index is 12.2. The zero-order valence-corrected chi connectivity index (χ0v) is 14.2. The third kappa shape index (κ3) is 4.91. The Labute approximate surface area is 146 Å². The Hall–Kier alpha value is -3.15. The van der Waals surface area contributed by atoms with Crippen molar-refractivity contribution in [2.24, 2.45) is 5.10 Å². The molecular formula is C19H20N2O4. The van der Waals surface area contributed by atoms with Gasteiger partial charge in [0.15, 0.2) is 0 Å². The van der Waals surface area contributed by atoms with Crippen LogP contribution in [-0.2, 0) is 9.47 Å². The van der Waals surface area contributed by atoms with Crippen molar-refractivity contribution in [3.05, 3.63) is 71.8 Å². The molecule has 25 heavy (non-hydrogen) atoms. The lowest BCUT2D eigenvalue weighted by molar-refractivity contribution is 0.0824. The van der Waals surface area contributed by atoms with Crippen molar-refractivity contribution in [3.8, 4) is 0 Å². The summed E-state index contributed by atoms with van der Waals surface area (Å²) < 4.78 is 9.85. The van der Waals surface area contributed by atoms with E-state index in [9.17, 15) is 9.59 Å². The van der Waals surface area contributed by atoms with Crippen LogP contribution < -0.4 is 0 Å². The van der Waals surface area contributed by atoms with Gasteiger partial charge >= 0.3 is 12.2 Å². The van der Waals surface area contributed by atoms with Gasteiger partial charge in [0, 0.05) is 11.1 Å². The second kappa shape index (κ2) is 9.22. The van der Waals surface area contributed by atoms with Crippen LogP contribution in [0.1, 0.15) is 25.0 Å². The number of benzene rings is 2. The van der Waals surface area contributed by atoms with Crippen molar-refractivity contribution in [2.45, 2.75) is 13.8 Å². The predicted octanol–water partition coefficient (Wildman–Crippen LogP) is 4.05. The van der Waals surface area contributed by atoms with Crippen molar-refractivity contribution in [3.63, 3.8) is 0 Å². The summed E-state index contributed by atoms with van der Waals surface area (Å²) in [5, 5.41) is 4.87. The second-order valence-electron chi connectivity index (χ2n) is 4.89. The van der Waals surface area contributed by atoms with Crippen LogP contribution in [0.2, 0.25) is 0 Å². The first-order valence-corrected chi connectivity index (χ1v) is 8.00. The number of amides is 2. The molecule has 0 aliphatic rings. The highest BCUT2D eigenvalue weighted by molar-refractivity contribution is 6.13. The third-order valence-electron chi connectivity index (χ3n) is 3.18. The van der Waals surface area contributed by atoms with Crippen molar-refractivity contribution >= 4 is 17.9 Å². The summed E-state index contributed by atoms with van der Waals surface area (Å²) in [6.07, 6.45) is -1.77. The Morgan fingerprint density at radius 2 is 1.20 bits per heavy atom. The molecule has 0 radical (unpaired) electrons. The van der Waals surface area contributed by atoms with E-state index in [-0.39, 0.29) is 13.2 Å². The van der Waals surface area contributed by atoms with Gasteiger partial charge in [0.2, 0.25) is 0 Å². The van der Waals surface area contributed by atoms with E-state index >= 15 is 0 Å². The van der Waals surface area contributed by atoms with Crippen molar-refractivity contribution in [2.75, 3.05) is 13.2 Å². The Kier molecular flexibility index (Phi) is 6.71. The highest BCUT2D eigenvalue weighted by atomic mass is 16.6. The Morgan fingerprint density at radius 3 is 1.56 bits per heavy atom. The van der Waals surface area contributed by atoms with E-state index in [1.165, 1.54) is 0 Å². The molecular weight excluding hydrogens is 320 g/mol. The largest absolute Gasteiger partial charge is 0.448 e. The molecule has 0 aromatic heterocycles. The van der Waals surface area contributed by atoms with E-state index in [0.29, 0.717) is 10.7 Å². The number of hydrogen-bond acceptors (Lipinski definition) is 5. The minimum atomic E-state index is -0.884. The van der Waals surface area contributed by atoms with Crippen molar-refractivity contribution in [1.29, 1.82) is 0 Å². The summed E-state index contributed by atoms with van der Waals surface area (Å²) >= 11 is 0. The molecule has 130 valence electrons. The topological polar surface area (TPSA) is 68.2 Å². The smallest absolute Gasteiger partial charge is 0.440 e. The predicted molar refractivity (Wildman–Crippen MR) is 94.4 cm³/mol. The molecule has 0 unspecified atom stereocenters. The van der Waals surface area contributed by atoms with Crippen LogP contribution in [-0.4, -0.2) is 36.1 Å². The summed E-state index contributed by atoms with van der Waals surface area (Å²) in [5.41, 5.74) is 1.97. The SMILES string of the molecule is CCOC(=O)N(N=C(c1ccccc1)c1ccccc1)C(=O)OCC. The third-order valence-corrected chi connectivity index (χ3v) is 3.18. The summed E-state index contributed by atoms with van der Waals surface area (Å²) in [6, 6.07) is 18.6. The molecule has 0 spiro atoms. The van der Waals surface area contributed by atoms with Gasteiger partial charge in [-0.05, 0) is 13.8 Å². The standard InChI is InChI=1S/C19H20N2O4/c1-3-24-18(22)21(19(23)25-4-2)20-17(15-11-7-5-8-12-15)16-13-9-6-10-14-16/h5-14H,3-4H2,1-2H3. The summed E-state index contributed by atoms with van der Waals surface area (Å²) in [6.45, 7) is 3.55. The number of carbonyl (C=O) groups is 2. The van der Waals surface area contributed by atoms with Crippen LogP contribution >= 0.6 is 0 Å². The average Bonchev–Trinajstić information content (AvgIpc) is 2.64. The highest BCUT2D eigenvalue weighted by Crippen LogP contribution is 2.13. The molecule has 6 nitrogen and oxygen atoms in total. The van der Waals surface area contributed by atoms with E-state index in [2.05, 4.69) is 5.10 Å². The average molecular weight is 340 g/mol. The summed E-state index contributed by atoms with van der Waals surface area (Å²) in [5.74, 6) is 0. The van der Waals surface area contributed by atoms with Gasteiger partial charge in [0.05, 0.1) is 18.9 Å². The monoisotopic (exact) mass is 340 g/mol. The Balaban J connectivity index is 2.52. The minimum Gasteiger partial charge on any atom is -0.448 e. The molecule has 0 saturated heterocycles. The first kappa shape index (κ1) is 18.2. The van der Waals surface area contributed by atoms with Crippen LogP contribution in [0.25, 0.3) is 0 Å². The van der Waals surface area contributed by atoms with Crippen LogP contribution in [0.15, 0.2) is 65.8 Å². The fraction of sp³-hybridized carbons (Fsp3) is 0.211. The molecule has 0 aliphatic carbocycles. The van der Waals surface area contributed by atoms with Gasteiger partial charge in [-0.25, -0.2) is 9.59 Å². The quantitative estimate of drug-likeness (QED) is 0.608. The zero-order valence-electron chi connectivity index (χ0n) is 14.2. The van der Waals surface area contributed by atoms with E-state index in [4.69, 9.17) is 9.47 Å². The number of hydrazone groups is 1. The maximum atomic E-state index is 12.2. The Morgan fingerprint density at radius 1 is 0.800 bits per heavy atom. The van der Waals surface area contributed by atoms with Gasteiger partial charge in [-0.3, -0.25) is 0 Å². The fourth-order valence-corrected chi connectivity index (χ4v) is 2.10. The molecule has 0 aliphatic heterocycles. The van der Waals surface area contributed by atoms with Crippen LogP contribution in [0.3, 0.4) is 0 Å². The van der Waals surface area contributed by atoms with Crippen LogP contribution in [0.5, 0.6) is 0 Å². The number of hydrogen-bond donors (Lipinski definition) is 0. The van der Waals surface area contributed by atoms with Gasteiger partial charge in [-0.15, -0.1) is 0 Å². The zero-order chi connectivity index (χ0) is 18.1. The normalized spacial score (nSPS) is 9.84.